The van der Waals surface area contributed by atoms with Crippen LogP contribution in [0.5, 0.6) is 0 Å². The van der Waals surface area contributed by atoms with Crippen LogP contribution in [0.3, 0.4) is 0 Å². The van der Waals surface area contributed by atoms with Gasteiger partial charge in [-0.3, -0.25) is 4.79 Å². The zero-order valence-corrected chi connectivity index (χ0v) is 9.95. The van der Waals surface area contributed by atoms with Gasteiger partial charge in [-0.05, 0) is 23.1 Å². The van der Waals surface area contributed by atoms with Gasteiger partial charge in [-0.15, -0.1) is 0 Å². The fourth-order valence-corrected chi connectivity index (χ4v) is 2.33. The van der Waals surface area contributed by atoms with Crippen LogP contribution in [-0.4, -0.2) is 11.9 Å². The summed E-state index contributed by atoms with van der Waals surface area (Å²) in [4.78, 5) is 11.0. The van der Waals surface area contributed by atoms with Crippen LogP contribution in [0.1, 0.15) is 32.3 Å². The lowest BCUT2D eigenvalue weighted by atomic mass is 10.0. The van der Waals surface area contributed by atoms with Crippen molar-refractivity contribution in [2.24, 2.45) is 11.1 Å². The number of hydrogen-bond donors (Lipinski definition) is 2. The molecule has 2 rings (SSSR count). The van der Waals surface area contributed by atoms with Gasteiger partial charge in [-0.2, -0.15) is 0 Å². The summed E-state index contributed by atoms with van der Waals surface area (Å²) in [5.41, 5.74) is 8.27. The van der Waals surface area contributed by atoms with E-state index in [1.165, 1.54) is 12.5 Å². The Balaban J connectivity index is 2.21. The average molecular weight is 218 g/mol. The Labute approximate surface area is 96.0 Å². The summed E-state index contributed by atoms with van der Waals surface area (Å²) >= 11 is 0. The summed E-state index contributed by atoms with van der Waals surface area (Å²) in [6, 6.07) is 8.17. The van der Waals surface area contributed by atoms with E-state index in [1.54, 1.807) is 0 Å². The molecule has 1 aromatic carbocycles. The molecule has 0 radical (unpaired) electrons. The largest absolute Gasteiger partial charge is 0.327 e. The monoisotopic (exact) mass is 218 g/mol. The number of carbonyl (C=O) groups excluding carboxylic acids is 1. The zero-order valence-electron chi connectivity index (χ0n) is 9.95. The third kappa shape index (κ3) is 1.83. The lowest BCUT2D eigenvalue weighted by molar-refractivity contribution is -0.114. The molecule has 0 unspecified atom stereocenters. The number of anilines is 1. The molecule has 1 aromatic rings. The van der Waals surface area contributed by atoms with Gasteiger partial charge in [0, 0.05) is 24.6 Å². The molecular formula is C13H18N2O. The molecule has 16 heavy (non-hydrogen) atoms. The van der Waals surface area contributed by atoms with Crippen molar-refractivity contribution < 1.29 is 4.79 Å². The first-order valence-corrected chi connectivity index (χ1v) is 5.56. The second-order valence-electron chi connectivity index (χ2n) is 5.13. The normalized spacial score (nSPS) is 26.2. The molecule has 1 saturated carbocycles. The highest BCUT2D eigenvalue weighted by Crippen LogP contribution is 2.57. The second kappa shape index (κ2) is 3.59. The fraction of sp³-hybridized carbons (Fsp3) is 0.462. The van der Waals surface area contributed by atoms with Crippen LogP contribution in [0.15, 0.2) is 24.3 Å². The number of amides is 1. The summed E-state index contributed by atoms with van der Waals surface area (Å²) in [7, 11) is 0. The zero-order chi connectivity index (χ0) is 11.9. The van der Waals surface area contributed by atoms with Gasteiger partial charge in [-0.1, -0.05) is 26.0 Å². The van der Waals surface area contributed by atoms with Crippen molar-refractivity contribution >= 4 is 11.6 Å². The van der Waals surface area contributed by atoms with Gasteiger partial charge in [-0.25, -0.2) is 0 Å². The summed E-state index contributed by atoms with van der Waals surface area (Å²) in [6.07, 6.45) is 0. The Bertz CT molecular complexity index is 426. The van der Waals surface area contributed by atoms with E-state index in [4.69, 9.17) is 5.73 Å². The van der Waals surface area contributed by atoms with Crippen LogP contribution in [0.4, 0.5) is 5.69 Å². The van der Waals surface area contributed by atoms with E-state index >= 15 is 0 Å². The number of nitrogens with two attached hydrogens (primary N) is 1. The van der Waals surface area contributed by atoms with Gasteiger partial charge in [0.1, 0.15) is 0 Å². The summed E-state index contributed by atoms with van der Waals surface area (Å²) in [5, 5.41) is 2.79. The summed E-state index contributed by atoms with van der Waals surface area (Å²) < 4.78 is 0. The molecule has 0 heterocycles. The van der Waals surface area contributed by atoms with E-state index in [-0.39, 0.29) is 17.4 Å². The highest BCUT2D eigenvalue weighted by Gasteiger charge is 2.56. The van der Waals surface area contributed by atoms with Crippen molar-refractivity contribution in [3.63, 3.8) is 0 Å². The average Bonchev–Trinajstić information content (AvgIpc) is 2.65. The Morgan fingerprint density at radius 2 is 2.06 bits per heavy atom. The molecule has 0 saturated heterocycles. The number of benzene rings is 1. The van der Waals surface area contributed by atoms with Gasteiger partial charge < -0.3 is 11.1 Å². The van der Waals surface area contributed by atoms with E-state index in [1.807, 2.05) is 18.2 Å². The van der Waals surface area contributed by atoms with E-state index in [2.05, 4.69) is 25.2 Å². The number of hydrogen-bond acceptors (Lipinski definition) is 2. The van der Waals surface area contributed by atoms with Crippen LogP contribution >= 0.6 is 0 Å². The van der Waals surface area contributed by atoms with Crippen molar-refractivity contribution in [2.45, 2.75) is 32.7 Å². The predicted octanol–water partition coefficient (Wildman–Crippen LogP) is 2.10. The molecule has 1 fully saturated rings. The first-order valence-electron chi connectivity index (χ1n) is 5.56. The maximum Gasteiger partial charge on any atom is 0.221 e. The van der Waals surface area contributed by atoms with Gasteiger partial charge in [0.15, 0.2) is 0 Å². The minimum absolute atomic E-state index is 0.0449. The first-order chi connectivity index (χ1) is 7.43. The number of rotatable bonds is 2. The molecule has 1 aliphatic carbocycles. The number of carbonyl (C=O) groups is 1. The van der Waals surface area contributed by atoms with E-state index < -0.39 is 0 Å². The lowest BCUT2D eigenvalue weighted by Crippen LogP contribution is -2.07. The molecule has 0 aromatic heterocycles. The summed E-state index contributed by atoms with van der Waals surface area (Å²) in [5.74, 6) is 0.359. The molecule has 2 atom stereocenters. The van der Waals surface area contributed by atoms with Crippen molar-refractivity contribution in [1.82, 2.24) is 0 Å². The fourth-order valence-electron chi connectivity index (χ4n) is 2.33. The SMILES string of the molecule is CC(=O)Nc1cccc([C@@H]2[C@@H](N)C2(C)C)c1. The van der Waals surface area contributed by atoms with Gasteiger partial charge in [0.05, 0.1) is 0 Å². The molecular weight excluding hydrogens is 200 g/mol. The minimum atomic E-state index is -0.0449. The Morgan fingerprint density at radius 3 is 2.56 bits per heavy atom. The summed E-state index contributed by atoms with van der Waals surface area (Å²) in [6.45, 7) is 5.86. The van der Waals surface area contributed by atoms with Crippen molar-refractivity contribution in [2.75, 3.05) is 5.32 Å². The Morgan fingerprint density at radius 1 is 1.44 bits per heavy atom. The number of nitrogens with one attached hydrogen (secondary N) is 1. The van der Waals surface area contributed by atoms with Crippen LogP contribution in [0.25, 0.3) is 0 Å². The van der Waals surface area contributed by atoms with Crippen LogP contribution < -0.4 is 11.1 Å². The smallest absolute Gasteiger partial charge is 0.221 e. The molecule has 1 amide bonds. The minimum Gasteiger partial charge on any atom is -0.327 e. The molecule has 0 spiro atoms. The first kappa shape index (κ1) is 11.1. The van der Waals surface area contributed by atoms with Gasteiger partial charge >= 0.3 is 0 Å². The van der Waals surface area contributed by atoms with Crippen LogP contribution in [-0.2, 0) is 4.79 Å². The van der Waals surface area contributed by atoms with Crippen molar-refractivity contribution in [3.05, 3.63) is 29.8 Å². The second-order valence-corrected chi connectivity index (χ2v) is 5.13. The molecule has 3 N–H and O–H groups in total. The Hall–Kier alpha value is -1.35. The predicted molar refractivity (Wildman–Crippen MR) is 65.2 cm³/mol. The van der Waals surface area contributed by atoms with Crippen molar-refractivity contribution in [3.8, 4) is 0 Å². The maximum absolute atomic E-state index is 11.0. The molecule has 0 bridgehead atoms. The maximum atomic E-state index is 11.0. The van der Waals surface area contributed by atoms with Crippen molar-refractivity contribution in [1.29, 1.82) is 0 Å². The van der Waals surface area contributed by atoms with Crippen LogP contribution in [0, 0.1) is 5.41 Å². The molecule has 86 valence electrons. The lowest BCUT2D eigenvalue weighted by Gasteiger charge is -2.06. The quantitative estimate of drug-likeness (QED) is 0.798. The van der Waals surface area contributed by atoms with E-state index in [9.17, 15) is 4.79 Å². The molecule has 0 aliphatic heterocycles. The third-order valence-electron chi connectivity index (χ3n) is 3.48. The van der Waals surface area contributed by atoms with E-state index in [0.29, 0.717) is 5.92 Å². The molecule has 1 aliphatic rings. The third-order valence-corrected chi connectivity index (χ3v) is 3.48. The molecule has 3 heteroatoms. The highest BCUT2D eigenvalue weighted by atomic mass is 16.1. The topological polar surface area (TPSA) is 55.1 Å². The standard InChI is InChI=1S/C13H18N2O/c1-8(16)15-10-6-4-5-9(7-10)11-12(14)13(11,2)3/h4-7,11-12H,14H2,1-3H3,(H,15,16)/t11-,12-/m1/s1. The van der Waals surface area contributed by atoms with E-state index in [0.717, 1.165) is 5.69 Å². The highest BCUT2D eigenvalue weighted by molar-refractivity contribution is 5.88. The van der Waals surface area contributed by atoms with Gasteiger partial charge in [0.2, 0.25) is 5.91 Å². The Kier molecular flexibility index (Phi) is 2.50. The van der Waals surface area contributed by atoms with Gasteiger partial charge in [0.25, 0.3) is 0 Å². The molecule has 3 nitrogen and oxygen atoms in total. The van der Waals surface area contributed by atoms with Crippen LogP contribution in [0.2, 0.25) is 0 Å².